The molecule has 0 aliphatic rings. The summed E-state index contributed by atoms with van der Waals surface area (Å²) in [6, 6.07) is 12.7. The van der Waals surface area contributed by atoms with E-state index >= 15 is 0 Å². The first-order valence-corrected chi connectivity index (χ1v) is 6.12. The molecular formula is C15H15F3N2. The second kappa shape index (κ2) is 5.54. The molecule has 2 nitrogen and oxygen atoms in total. The standard InChI is InChI=1S/C15H15F3N2/c1-20(14-4-2-3-11(9-14)10-19)13-7-5-12(6-8-13)15(16,17)18/h2-9H,10,19H2,1H3. The number of hydrogen-bond donors (Lipinski definition) is 1. The fourth-order valence-electron chi connectivity index (χ4n) is 1.92. The molecule has 0 aliphatic heterocycles. The van der Waals surface area contributed by atoms with E-state index in [9.17, 15) is 13.2 Å². The lowest BCUT2D eigenvalue weighted by molar-refractivity contribution is -0.137. The molecular weight excluding hydrogens is 265 g/mol. The molecule has 2 aromatic rings. The lowest BCUT2D eigenvalue weighted by atomic mass is 10.1. The molecule has 5 heteroatoms. The van der Waals surface area contributed by atoms with E-state index in [0.29, 0.717) is 12.2 Å². The van der Waals surface area contributed by atoms with Crippen molar-refractivity contribution in [3.05, 3.63) is 59.7 Å². The zero-order valence-corrected chi connectivity index (χ0v) is 11.0. The molecule has 0 amide bonds. The van der Waals surface area contributed by atoms with Gasteiger partial charge in [0.05, 0.1) is 5.56 Å². The Bertz CT molecular complexity index is 576. The first kappa shape index (κ1) is 14.4. The summed E-state index contributed by atoms with van der Waals surface area (Å²) in [6.45, 7) is 0.425. The number of nitrogens with two attached hydrogens (primary N) is 1. The topological polar surface area (TPSA) is 29.3 Å². The summed E-state index contributed by atoms with van der Waals surface area (Å²) in [5.74, 6) is 0. The maximum absolute atomic E-state index is 12.5. The molecule has 0 heterocycles. The molecule has 0 saturated carbocycles. The summed E-state index contributed by atoms with van der Waals surface area (Å²) in [7, 11) is 1.80. The lowest BCUT2D eigenvalue weighted by Gasteiger charge is -2.20. The second-order valence-corrected chi connectivity index (χ2v) is 4.48. The minimum absolute atomic E-state index is 0.425. The predicted molar refractivity (Wildman–Crippen MR) is 73.8 cm³/mol. The van der Waals surface area contributed by atoms with Gasteiger partial charge in [0.2, 0.25) is 0 Å². The molecule has 0 spiro atoms. The van der Waals surface area contributed by atoms with Gasteiger partial charge in [-0.25, -0.2) is 0 Å². The Hall–Kier alpha value is -2.01. The van der Waals surface area contributed by atoms with Gasteiger partial charge in [-0.05, 0) is 42.0 Å². The zero-order valence-electron chi connectivity index (χ0n) is 11.0. The van der Waals surface area contributed by atoms with Crippen LogP contribution in [0.5, 0.6) is 0 Å². The van der Waals surface area contributed by atoms with Crippen molar-refractivity contribution >= 4 is 11.4 Å². The molecule has 0 fully saturated rings. The Kier molecular flexibility index (Phi) is 3.99. The number of benzene rings is 2. The monoisotopic (exact) mass is 280 g/mol. The highest BCUT2D eigenvalue weighted by molar-refractivity contribution is 5.63. The third kappa shape index (κ3) is 3.11. The van der Waals surface area contributed by atoms with E-state index in [0.717, 1.165) is 23.4 Å². The van der Waals surface area contributed by atoms with Gasteiger partial charge in [0, 0.05) is 25.0 Å². The SMILES string of the molecule is CN(c1ccc(C(F)(F)F)cc1)c1cccc(CN)c1. The van der Waals surface area contributed by atoms with Gasteiger partial charge in [0.25, 0.3) is 0 Å². The number of anilines is 2. The average Bonchev–Trinajstić information content (AvgIpc) is 2.46. The summed E-state index contributed by atoms with van der Waals surface area (Å²) in [4.78, 5) is 1.82. The molecule has 0 bridgehead atoms. The van der Waals surface area contributed by atoms with Crippen LogP contribution in [-0.2, 0) is 12.7 Å². The van der Waals surface area contributed by atoms with Crippen LogP contribution >= 0.6 is 0 Å². The van der Waals surface area contributed by atoms with E-state index in [1.807, 2.05) is 29.2 Å². The van der Waals surface area contributed by atoms with Crippen LogP contribution in [-0.4, -0.2) is 7.05 Å². The molecule has 2 rings (SSSR count). The smallest absolute Gasteiger partial charge is 0.345 e. The molecule has 106 valence electrons. The van der Waals surface area contributed by atoms with Gasteiger partial charge in [-0.1, -0.05) is 12.1 Å². The van der Waals surface area contributed by atoms with Crippen molar-refractivity contribution in [1.82, 2.24) is 0 Å². The van der Waals surface area contributed by atoms with Crippen LogP contribution in [0.3, 0.4) is 0 Å². The summed E-state index contributed by atoms with van der Waals surface area (Å²) >= 11 is 0. The van der Waals surface area contributed by atoms with Gasteiger partial charge in [0.1, 0.15) is 0 Å². The van der Waals surface area contributed by atoms with Crippen molar-refractivity contribution in [3.8, 4) is 0 Å². The van der Waals surface area contributed by atoms with Gasteiger partial charge in [-0.15, -0.1) is 0 Å². The van der Waals surface area contributed by atoms with E-state index in [-0.39, 0.29) is 0 Å². The lowest BCUT2D eigenvalue weighted by Crippen LogP contribution is -2.11. The van der Waals surface area contributed by atoms with Crippen molar-refractivity contribution < 1.29 is 13.2 Å². The Morgan fingerprint density at radius 1 is 1.00 bits per heavy atom. The van der Waals surface area contributed by atoms with E-state index in [1.165, 1.54) is 12.1 Å². The summed E-state index contributed by atoms with van der Waals surface area (Å²) < 4.78 is 37.5. The van der Waals surface area contributed by atoms with Gasteiger partial charge in [0.15, 0.2) is 0 Å². The van der Waals surface area contributed by atoms with Crippen LogP contribution in [0.4, 0.5) is 24.5 Å². The minimum Gasteiger partial charge on any atom is -0.345 e. The largest absolute Gasteiger partial charge is 0.416 e. The Morgan fingerprint density at radius 3 is 2.20 bits per heavy atom. The number of rotatable bonds is 3. The number of halogens is 3. The maximum atomic E-state index is 12.5. The Labute approximate surface area is 115 Å². The van der Waals surface area contributed by atoms with Crippen LogP contribution in [0.2, 0.25) is 0 Å². The van der Waals surface area contributed by atoms with E-state index < -0.39 is 11.7 Å². The fourth-order valence-corrected chi connectivity index (χ4v) is 1.92. The van der Waals surface area contributed by atoms with Gasteiger partial charge < -0.3 is 10.6 Å². The van der Waals surface area contributed by atoms with Crippen molar-refractivity contribution in [3.63, 3.8) is 0 Å². The van der Waals surface area contributed by atoms with E-state index in [4.69, 9.17) is 5.73 Å². The van der Waals surface area contributed by atoms with Crippen LogP contribution in [0.15, 0.2) is 48.5 Å². The van der Waals surface area contributed by atoms with Gasteiger partial charge in [-0.3, -0.25) is 0 Å². The highest BCUT2D eigenvalue weighted by Gasteiger charge is 2.30. The van der Waals surface area contributed by atoms with Crippen molar-refractivity contribution in [1.29, 1.82) is 0 Å². The zero-order chi connectivity index (χ0) is 14.8. The molecule has 0 radical (unpaired) electrons. The predicted octanol–water partition coefficient (Wildman–Crippen LogP) is 3.93. The molecule has 2 N–H and O–H groups in total. The van der Waals surface area contributed by atoms with Crippen LogP contribution in [0, 0.1) is 0 Å². The molecule has 2 aromatic carbocycles. The van der Waals surface area contributed by atoms with Gasteiger partial charge >= 0.3 is 6.18 Å². The highest BCUT2D eigenvalue weighted by Crippen LogP contribution is 2.31. The number of hydrogen-bond acceptors (Lipinski definition) is 2. The van der Waals surface area contributed by atoms with Crippen molar-refractivity contribution in [2.45, 2.75) is 12.7 Å². The fraction of sp³-hybridized carbons (Fsp3) is 0.200. The quantitative estimate of drug-likeness (QED) is 0.923. The maximum Gasteiger partial charge on any atom is 0.416 e. The first-order valence-electron chi connectivity index (χ1n) is 6.12. The summed E-state index contributed by atoms with van der Waals surface area (Å²) in [5.41, 5.74) is 7.48. The molecule has 0 aromatic heterocycles. The summed E-state index contributed by atoms with van der Waals surface area (Å²) in [5, 5.41) is 0. The average molecular weight is 280 g/mol. The molecule has 0 aliphatic carbocycles. The molecule has 0 unspecified atom stereocenters. The van der Waals surface area contributed by atoms with Gasteiger partial charge in [-0.2, -0.15) is 13.2 Å². The Balaban J connectivity index is 2.26. The molecule has 20 heavy (non-hydrogen) atoms. The van der Waals surface area contributed by atoms with Crippen LogP contribution in [0.25, 0.3) is 0 Å². The Morgan fingerprint density at radius 2 is 1.65 bits per heavy atom. The van der Waals surface area contributed by atoms with Crippen LogP contribution in [0.1, 0.15) is 11.1 Å². The number of nitrogens with zero attached hydrogens (tertiary/aromatic N) is 1. The third-order valence-corrected chi connectivity index (χ3v) is 3.12. The normalized spacial score (nSPS) is 11.4. The third-order valence-electron chi connectivity index (χ3n) is 3.12. The first-order chi connectivity index (χ1) is 9.41. The minimum atomic E-state index is -4.31. The van der Waals surface area contributed by atoms with Crippen molar-refractivity contribution in [2.75, 3.05) is 11.9 Å². The highest BCUT2D eigenvalue weighted by atomic mass is 19.4. The molecule has 0 atom stereocenters. The number of alkyl halides is 3. The van der Waals surface area contributed by atoms with Crippen LogP contribution < -0.4 is 10.6 Å². The van der Waals surface area contributed by atoms with Crippen molar-refractivity contribution in [2.24, 2.45) is 5.73 Å². The second-order valence-electron chi connectivity index (χ2n) is 4.48. The van der Waals surface area contributed by atoms with E-state index in [2.05, 4.69) is 0 Å². The molecule has 0 saturated heterocycles. The van der Waals surface area contributed by atoms with E-state index in [1.54, 1.807) is 7.05 Å². The summed E-state index contributed by atoms with van der Waals surface area (Å²) in [6.07, 6.45) is -4.31.